The molecule has 1 aromatic carbocycles. The quantitative estimate of drug-likeness (QED) is 0.505. The fourth-order valence-electron chi connectivity index (χ4n) is 1.28. The summed E-state index contributed by atoms with van der Waals surface area (Å²) in [5, 5.41) is 10.6. The van der Waals surface area contributed by atoms with Gasteiger partial charge in [0.05, 0.1) is 20.8 Å². The smallest absolute Gasteiger partial charge is 0.262 e. The van der Waals surface area contributed by atoms with Crippen LogP contribution in [0.5, 0.6) is 11.5 Å². The molecule has 7 nitrogen and oxygen atoms in total. The minimum absolute atomic E-state index is 0.316. The van der Waals surface area contributed by atoms with Gasteiger partial charge in [0.1, 0.15) is 0 Å². The van der Waals surface area contributed by atoms with Crippen LogP contribution >= 0.6 is 0 Å². The number of carbonyl (C=O) groups excluding carboxylic acids is 2. The van der Waals surface area contributed by atoms with Crippen molar-refractivity contribution in [2.45, 2.75) is 0 Å². The molecule has 3 N–H and O–H groups in total. The number of ether oxygens (including phenoxy) is 2. The maximum Gasteiger partial charge on any atom is 0.262 e. The monoisotopic (exact) mass is 254 g/mol. The van der Waals surface area contributed by atoms with Crippen molar-refractivity contribution in [3.05, 3.63) is 23.8 Å². The largest absolute Gasteiger partial charge is 0.493 e. The Morgan fingerprint density at radius 2 is 1.89 bits per heavy atom. The average Bonchev–Trinajstić information content (AvgIpc) is 2.43. The highest BCUT2D eigenvalue weighted by molar-refractivity contribution is 5.96. The summed E-state index contributed by atoms with van der Waals surface area (Å²) in [4.78, 5) is 22.4. The molecule has 0 saturated heterocycles. The van der Waals surface area contributed by atoms with Gasteiger partial charge in [-0.15, -0.1) is 0 Å². The number of benzene rings is 1. The van der Waals surface area contributed by atoms with Crippen LogP contribution in [0.1, 0.15) is 10.4 Å². The molecule has 18 heavy (non-hydrogen) atoms. The zero-order valence-electron chi connectivity index (χ0n) is 10.0. The first-order valence-electron chi connectivity index (χ1n) is 5.05. The maximum absolute atomic E-state index is 11.7. The number of methoxy groups -OCH3 is 2. The van der Waals surface area contributed by atoms with Crippen LogP contribution in [0.4, 0.5) is 0 Å². The van der Waals surface area contributed by atoms with Crippen molar-refractivity contribution in [1.82, 2.24) is 10.8 Å². The molecule has 0 radical (unpaired) electrons. The molecule has 0 aliphatic heterocycles. The summed E-state index contributed by atoms with van der Waals surface area (Å²) >= 11 is 0. The van der Waals surface area contributed by atoms with Crippen molar-refractivity contribution in [2.24, 2.45) is 0 Å². The van der Waals surface area contributed by atoms with E-state index in [1.807, 2.05) is 0 Å². The van der Waals surface area contributed by atoms with Crippen molar-refractivity contribution in [1.29, 1.82) is 0 Å². The van der Waals surface area contributed by atoms with E-state index >= 15 is 0 Å². The van der Waals surface area contributed by atoms with E-state index < -0.39 is 11.8 Å². The number of amides is 2. The van der Waals surface area contributed by atoms with Gasteiger partial charge in [-0.25, -0.2) is 5.48 Å². The minimum Gasteiger partial charge on any atom is -0.493 e. The van der Waals surface area contributed by atoms with Crippen molar-refractivity contribution in [2.75, 3.05) is 20.8 Å². The van der Waals surface area contributed by atoms with Gasteiger partial charge in [-0.2, -0.15) is 0 Å². The third kappa shape index (κ3) is 3.36. The Bertz CT molecular complexity index is 447. The van der Waals surface area contributed by atoms with Crippen molar-refractivity contribution in [3.8, 4) is 11.5 Å². The van der Waals surface area contributed by atoms with Crippen LogP contribution < -0.4 is 20.3 Å². The summed E-state index contributed by atoms with van der Waals surface area (Å²) in [6, 6.07) is 4.61. The summed E-state index contributed by atoms with van der Waals surface area (Å²) in [6.07, 6.45) is 0. The molecule has 98 valence electrons. The van der Waals surface area contributed by atoms with E-state index in [1.54, 1.807) is 6.07 Å². The maximum atomic E-state index is 11.7. The molecule has 0 fully saturated rings. The SMILES string of the molecule is COc1ccc(C(=O)NCC(=O)NO)cc1OC. The Hall–Kier alpha value is -2.28. The summed E-state index contributed by atoms with van der Waals surface area (Å²) in [5.74, 6) is -0.248. The number of hydroxylamine groups is 1. The lowest BCUT2D eigenvalue weighted by molar-refractivity contribution is -0.128. The second-order valence-electron chi connectivity index (χ2n) is 3.29. The van der Waals surface area contributed by atoms with Gasteiger partial charge in [0.15, 0.2) is 11.5 Å². The molecule has 1 rings (SSSR count). The van der Waals surface area contributed by atoms with Gasteiger partial charge < -0.3 is 14.8 Å². The molecule has 0 aliphatic carbocycles. The predicted molar refractivity (Wildman–Crippen MR) is 61.8 cm³/mol. The van der Waals surface area contributed by atoms with E-state index in [9.17, 15) is 9.59 Å². The Labute approximate surface area is 104 Å². The van der Waals surface area contributed by atoms with E-state index in [1.165, 1.54) is 31.8 Å². The third-order valence-electron chi connectivity index (χ3n) is 2.18. The molecule has 2 amide bonds. The highest BCUT2D eigenvalue weighted by Gasteiger charge is 2.11. The first-order chi connectivity index (χ1) is 8.62. The lowest BCUT2D eigenvalue weighted by Gasteiger charge is -2.09. The molecule has 0 atom stereocenters. The van der Waals surface area contributed by atoms with Gasteiger partial charge in [-0.3, -0.25) is 14.8 Å². The molecule has 0 saturated carbocycles. The second kappa shape index (κ2) is 6.45. The molecule has 0 bridgehead atoms. The van der Waals surface area contributed by atoms with Crippen LogP contribution in [0.25, 0.3) is 0 Å². The van der Waals surface area contributed by atoms with Crippen LogP contribution in [0.15, 0.2) is 18.2 Å². The lowest BCUT2D eigenvalue weighted by Crippen LogP contribution is -2.35. The fraction of sp³-hybridized carbons (Fsp3) is 0.273. The molecule has 0 unspecified atom stereocenters. The Morgan fingerprint density at radius 1 is 1.22 bits per heavy atom. The van der Waals surface area contributed by atoms with Gasteiger partial charge in [-0.05, 0) is 18.2 Å². The standard InChI is InChI=1S/C11H14N2O5/c1-17-8-4-3-7(5-9(8)18-2)11(15)12-6-10(14)13-16/h3-5,16H,6H2,1-2H3,(H,12,15)(H,13,14). The van der Waals surface area contributed by atoms with Crippen LogP contribution in [-0.4, -0.2) is 37.8 Å². The Kier molecular flexibility index (Phi) is 4.94. The highest BCUT2D eigenvalue weighted by atomic mass is 16.5. The van der Waals surface area contributed by atoms with E-state index in [4.69, 9.17) is 14.7 Å². The zero-order valence-corrected chi connectivity index (χ0v) is 10.0. The van der Waals surface area contributed by atoms with E-state index in [0.717, 1.165) is 0 Å². The lowest BCUT2D eigenvalue weighted by atomic mass is 10.2. The number of hydrogen-bond acceptors (Lipinski definition) is 5. The summed E-state index contributed by atoms with van der Waals surface area (Å²) in [7, 11) is 2.95. The number of carbonyl (C=O) groups is 2. The van der Waals surface area contributed by atoms with Crippen molar-refractivity contribution < 1.29 is 24.3 Å². The molecule has 0 aromatic heterocycles. The normalized spacial score (nSPS) is 9.50. The Balaban J connectivity index is 2.77. The van der Waals surface area contributed by atoms with Gasteiger partial charge in [-0.1, -0.05) is 0 Å². The number of rotatable bonds is 5. The van der Waals surface area contributed by atoms with Crippen LogP contribution in [0.3, 0.4) is 0 Å². The highest BCUT2D eigenvalue weighted by Crippen LogP contribution is 2.27. The summed E-state index contributed by atoms with van der Waals surface area (Å²) in [5.41, 5.74) is 1.73. The van der Waals surface area contributed by atoms with Crippen molar-refractivity contribution in [3.63, 3.8) is 0 Å². The third-order valence-corrected chi connectivity index (χ3v) is 2.18. The number of nitrogens with one attached hydrogen (secondary N) is 2. The van der Waals surface area contributed by atoms with E-state index in [-0.39, 0.29) is 6.54 Å². The minimum atomic E-state index is -0.705. The van der Waals surface area contributed by atoms with Gasteiger partial charge in [0.25, 0.3) is 11.8 Å². The fourth-order valence-corrected chi connectivity index (χ4v) is 1.28. The Morgan fingerprint density at radius 3 is 2.44 bits per heavy atom. The predicted octanol–water partition coefficient (Wildman–Crippen LogP) is -0.0610. The molecule has 0 spiro atoms. The zero-order chi connectivity index (χ0) is 13.5. The van der Waals surface area contributed by atoms with Gasteiger partial charge >= 0.3 is 0 Å². The van der Waals surface area contributed by atoms with Crippen LogP contribution in [-0.2, 0) is 4.79 Å². The topological polar surface area (TPSA) is 96.9 Å². The molecule has 0 heterocycles. The molecule has 7 heteroatoms. The molecular formula is C11H14N2O5. The number of hydrogen-bond donors (Lipinski definition) is 3. The summed E-state index contributed by atoms with van der Waals surface area (Å²) < 4.78 is 10.1. The van der Waals surface area contributed by atoms with Gasteiger partial charge in [0, 0.05) is 5.56 Å². The van der Waals surface area contributed by atoms with Gasteiger partial charge in [0.2, 0.25) is 0 Å². The van der Waals surface area contributed by atoms with E-state index in [2.05, 4.69) is 5.32 Å². The van der Waals surface area contributed by atoms with Crippen molar-refractivity contribution >= 4 is 11.8 Å². The average molecular weight is 254 g/mol. The van der Waals surface area contributed by atoms with Crippen LogP contribution in [0.2, 0.25) is 0 Å². The molecule has 0 aliphatic rings. The van der Waals surface area contributed by atoms with Crippen LogP contribution in [0, 0.1) is 0 Å². The summed E-state index contributed by atoms with van der Waals surface area (Å²) in [6.45, 7) is -0.316. The second-order valence-corrected chi connectivity index (χ2v) is 3.29. The van der Waals surface area contributed by atoms with E-state index in [0.29, 0.717) is 17.1 Å². The molecular weight excluding hydrogens is 240 g/mol. The first-order valence-corrected chi connectivity index (χ1v) is 5.05. The first kappa shape index (κ1) is 13.8. The molecule has 1 aromatic rings.